The predicted molar refractivity (Wildman–Crippen MR) is 74.3 cm³/mol. The highest BCUT2D eigenvalue weighted by molar-refractivity contribution is 5.97. The number of aldehydes is 1. The third-order valence-electron chi connectivity index (χ3n) is 3.42. The first kappa shape index (κ1) is 11.7. The van der Waals surface area contributed by atoms with Crippen molar-refractivity contribution in [3.63, 3.8) is 0 Å². The second-order valence-electron chi connectivity index (χ2n) is 4.52. The summed E-state index contributed by atoms with van der Waals surface area (Å²) < 4.78 is 4.21. The minimum absolute atomic E-state index is 0.724. The maximum Gasteiger partial charge on any atom is 0.152 e. The highest BCUT2D eigenvalue weighted by Gasteiger charge is 2.09. The van der Waals surface area contributed by atoms with Crippen LogP contribution < -0.4 is 0 Å². The van der Waals surface area contributed by atoms with E-state index in [2.05, 4.69) is 21.0 Å². The van der Waals surface area contributed by atoms with E-state index >= 15 is 0 Å². The molecule has 96 valence electrons. The lowest BCUT2D eigenvalue weighted by atomic mass is 10.2. The Balaban J connectivity index is 2.08. The van der Waals surface area contributed by atoms with E-state index in [0.29, 0.717) is 0 Å². The van der Waals surface area contributed by atoms with Gasteiger partial charge in [-0.15, -0.1) is 0 Å². The summed E-state index contributed by atoms with van der Waals surface area (Å²) in [7, 11) is 0. The topological polar surface area (TPSA) is 39.8 Å². The van der Waals surface area contributed by atoms with Crippen molar-refractivity contribution in [1.82, 2.24) is 14.1 Å². The molecule has 1 aromatic carbocycles. The molecule has 0 aliphatic carbocycles. The van der Waals surface area contributed by atoms with Gasteiger partial charge < -0.3 is 9.13 Å². The molecule has 0 saturated heterocycles. The van der Waals surface area contributed by atoms with Crippen molar-refractivity contribution < 1.29 is 4.79 Å². The SMILES string of the molecule is CCn1cncc1Cn1cc(C=O)c2ccccc21. The first-order valence-electron chi connectivity index (χ1n) is 6.35. The van der Waals surface area contributed by atoms with Gasteiger partial charge in [0.1, 0.15) is 0 Å². The number of aromatic nitrogens is 3. The number of aryl methyl sites for hydroxylation is 1. The van der Waals surface area contributed by atoms with Crippen LogP contribution in [0.1, 0.15) is 23.0 Å². The van der Waals surface area contributed by atoms with Gasteiger partial charge in [-0.3, -0.25) is 4.79 Å². The van der Waals surface area contributed by atoms with Crippen molar-refractivity contribution in [2.75, 3.05) is 0 Å². The molecule has 4 heteroatoms. The summed E-state index contributed by atoms with van der Waals surface area (Å²) in [6, 6.07) is 7.96. The summed E-state index contributed by atoms with van der Waals surface area (Å²) in [6.45, 7) is 3.72. The van der Waals surface area contributed by atoms with Gasteiger partial charge >= 0.3 is 0 Å². The lowest BCUT2D eigenvalue weighted by molar-refractivity contribution is 0.112. The van der Waals surface area contributed by atoms with Gasteiger partial charge in [0.05, 0.1) is 18.6 Å². The van der Waals surface area contributed by atoms with Crippen molar-refractivity contribution in [3.05, 3.63) is 54.2 Å². The largest absolute Gasteiger partial charge is 0.341 e. The Morgan fingerprint density at radius 3 is 2.89 bits per heavy atom. The van der Waals surface area contributed by atoms with E-state index in [4.69, 9.17) is 0 Å². The van der Waals surface area contributed by atoms with Crippen LogP contribution in [0.4, 0.5) is 0 Å². The summed E-state index contributed by atoms with van der Waals surface area (Å²) in [5.74, 6) is 0. The van der Waals surface area contributed by atoms with E-state index in [9.17, 15) is 4.79 Å². The molecule has 0 aliphatic rings. The van der Waals surface area contributed by atoms with Crippen molar-refractivity contribution in [2.45, 2.75) is 20.0 Å². The Hall–Kier alpha value is -2.36. The molecule has 0 saturated carbocycles. The minimum atomic E-state index is 0.724. The second kappa shape index (κ2) is 4.72. The van der Waals surface area contributed by atoms with Crippen molar-refractivity contribution in [2.24, 2.45) is 0 Å². The average Bonchev–Trinajstić information content (AvgIpc) is 3.04. The van der Waals surface area contributed by atoms with Crippen LogP contribution in [0.15, 0.2) is 43.0 Å². The van der Waals surface area contributed by atoms with E-state index in [-0.39, 0.29) is 0 Å². The van der Waals surface area contributed by atoms with Crippen molar-refractivity contribution >= 4 is 17.2 Å². The van der Waals surface area contributed by atoms with Crippen LogP contribution in [0.3, 0.4) is 0 Å². The van der Waals surface area contributed by atoms with Gasteiger partial charge in [0.15, 0.2) is 6.29 Å². The van der Waals surface area contributed by atoms with Crippen LogP contribution in [0.2, 0.25) is 0 Å². The molecule has 0 N–H and O–H groups in total. The number of para-hydroxylation sites is 1. The molecule has 4 nitrogen and oxygen atoms in total. The summed E-state index contributed by atoms with van der Waals surface area (Å²) in [5, 5.41) is 1.00. The van der Waals surface area contributed by atoms with Gasteiger partial charge in [-0.05, 0) is 13.0 Å². The number of carbonyl (C=O) groups is 1. The smallest absolute Gasteiger partial charge is 0.152 e. The van der Waals surface area contributed by atoms with Gasteiger partial charge in [-0.1, -0.05) is 18.2 Å². The average molecular weight is 253 g/mol. The fourth-order valence-corrected chi connectivity index (χ4v) is 2.44. The molecule has 3 rings (SSSR count). The monoisotopic (exact) mass is 253 g/mol. The third-order valence-corrected chi connectivity index (χ3v) is 3.42. The third kappa shape index (κ3) is 1.95. The molecule has 3 aromatic rings. The normalized spacial score (nSPS) is 11.0. The molecule has 0 aliphatic heterocycles. The number of carbonyl (C=O) groups excluding carboxylic acids is 1. The quantitative estimate of drug-likeness (QED) is 0.671. The zero-order valence-corrected chi connectivity index (χ0v) is 10.8. The molecular weight excluding hydrogens is 238 g/mol. The van der Waals surface area contributed by atoms with Crippen LogP contribution >= 0.6 is 0 Å². The standard InChI is InChI=1S/C15H15N3O/c1-2-17-11-16-7-13(17)9-18-8-12(10-19)14-5-3-4-6-15(14)18/h3-8,10-11H,2,9H2,1H3. The van der Waals surface area contributed by atoms with Gasteiger partial charge in [0.2, 0.25) is 0 Å². The first-order valence-corrected chi connectivity index (χ1v) is 6.35. The fourth-order valence-electron chi connectivity index (χ4n) is 2.44. The number of imidazole rings is 1. The Labute approximate surface area is 111 Å². The molecule has 0 radical (unpaired) electrons. The van der Waals surface area contributed by atoms with Crippen LogP contribution in [-0.4, -0.2) is 20.4 Å². The van der Waals surface area contributed by atoms with Gasteiger partial charge in [-0.25, -0.2) is 4.98 Å². The molecule has 0 bridgehead atoms. The molecule has 0 fully saturated rings. The number of hydrogen-bond acceptors (Lipinski definition) is 2. The molecule has 0 amide bonds. The Kier molecular flexibility index (Phi) is 2.91. The molecule has 2 heterocycles. The second-order valence-corrected chi connectivity index (χ2v) is 4.52. The number of hydrogen-bond donors (Lipinski definition) is 0. The van der Waals surface area contributed by atoms with Crippen LogP contribution in [-0.2, 0) is 13.1 Å². The molecule has 0 atom stereocenters. The Morgan fingerprint density at radius 2 is 2.11 bits per heavy atom. The lowest BCUT2D eigenvalue weighted by Gasteiger charge is -2.07. The van der Waals surface area contributed by atoms with Crippen molar-refractivity contribution in [1.29, 1.82) is 0 Å². The number of rotatable bonds is 4. The molecule has 19 heavy (non-hydrogen) atoms. The summed E-state index contributed by atoms with van der Waals surface area (Å²) in [4.78, 5) is 15.3. The number of benzene rings is 1. The zero-order chi connectivity index (χ0) is 13.2. The zero-order valence-electron chi connectivity index (χ0n) is 10.8. The van der Waals surface area contributed by atoms with E-state index in [0.717, 1.165) is 41.5 Å². The number of nitrogens with zero attached hydrogens (tertiary/aromatic N) is 3. The van der Waals surface area contributed by atoms with Gasteiger partial charge in [-0.2, -0.15) is 0 Å². The molecular formula is C15H15N3O. The van der Waals surface area contributed by atoms with E-state index in [1.807, 2.05) is 43.0 Å². The summed E-state index contributed by atoms with van der Waals surface area (Å²) in [5.41, 5.74) is 2.95. The van der Waals surface area contributed by atoms with Crippen LogP contribution in [0.25, 0.3) is 10.9 Å². The maximum absolute atomic E-state index is 11.1. The molecule has 2 aromatic heterocycles. The lowest BCUT2D eigenvalue weighted by Crippen LogP contribution is -2.05. The van der Waals surface area contributed by atoms with Gasteiger partial charge in [0, 0.05) is 35.4 Å². The molecule has 0 spiro atoms. The Morgan fingerprint density at radius 1 is 1.26 bits per heavy atom. The summed E-state index contributed by atoms with van der Waals surface area (Å²) in [6.07, 6.45) is 6.53. The highest BCUT2D eigenvalue weighted by atomic mass is 16.1. The van der Waals surface area contributed by atoms with Crippen LogP contribution in [0, 0.1) is 0 Å². The maximum atomic E-state index is 11.1. The van der Waals surface area contributed by atoms with Gasteiger partial charge in [0.25, 0.3) is 0 Å². The van der Waals surface area contributed by atoms with E-state index < -0.39 is 0 Å². The Bertz CT molecular complexity index is 724. The van der Waals surface area contributed by atoms with E-state index in [1.165, 1.54) is 0 Å². The number of fused-ring (bicyclic) bond motifs is 1. The fraction of sp³-hybridized carbons (Fsp3) is 0.200. The summed E-state index contributed by atoms with van der Waals surface area (Å²) >= 11 is 0. The van der Waals surface area contributed by atoms with Crippen LogP contribution in [0.5, 0.6) is 0 Å². The predicted octanol–water partition coefficient (Wildman–Crippen LogP) is 2.72. The first-order chi connectivity index (χ1) is 9.33. The van der Waals surface area contributed by atoms with E-state index in [1.54, 1.807) is 0 Å². The molecule has 0 unspecified atom stereocenters. The van der Waals surface area contributed by atoms with Crippen molar-refractivity contribution in [3.8, 4) is 0 Å². The highest BCUT2D eigenvalue weighted by Crippen LogP contribution is 2.21. The minimum Gasteiger partial charge on any atom is -0.341 e.